The van der Waals surface area contributed by atoms with Gasteiger partial charge in [0.15, 0.2) is 0 Å². The third-order valence-corrected chi connectivity index (χ3v) is 5.08. The Labute approximate surface area is 132 Å². The first-order chi connectivity index (χ1) is 10.3. The van der Waals surface area contributed by atoms with Gasteiger partial charge in [-0.2, -0.15) is 0 Å². The highest BCUT2D eigenvalue weighted by atomic mass is 16.5. The number of benzene rings is 1. The average Bonchev–Trinajstić information content (AvgIpc) is 2.43. The van der Waals surface area contributed by atoms with Crippen LogP contribution < -0.4 is 4.74 Å². The van der Waals surface area contributed by atoms with Crippen molar-refractivity contribution >= 4 is 5.78 Å². The van der Waals surface area contributed by atoms with Crippen molar-refractivity contribution < 1.29 is 14.6 Å². The van der Waals surface area contributed by atoms with Crippen molar-refractivity contribution in [3.05, 3.63) is 28.8 Å². The van der Waals surface area contributed by atoms with E-state index < -0.39 is 11.7 Å². The molecule has 2 aliphatic heterocycles. The third kappa shape index (κ3) is 2.55. The monoisotopic (exact) mass is 303 g/mol. The predicted octanol–water partition coefficient (Wildman–Crippen LogP) is 2.54. The Morgan fingerprint density at radius 3 is 2.41 bits per heavy atom. The van der Waals surface area contributed by atoms with E-state index in [2.05, 4.69) is 18.7 Å². The van der Waals surface area contributed by atoms with Crippen LogP contribution in [0.1, 0.15) is 49.5 Å². The minimum atomic E-state index is -0.591. The summed E-state index contributed by atoms with van der Waals surface area (Å²) in [5.41, 5.74) is 2.70. The van der Waals surface area contributed by atoms with E-state index >= 15 is 0 Å². The number of hydrogen-bond acceptors (Lipinski definition) is 4. The number of aliphatic hydroxyl groups is 1. The summed E-state index contributed by atoms with van der Waals surface area (Å²) >= 11 is 0. The summed E-state index contributed by atoms with van der Waals surface area (Å²) in [5.74, 6) is 1.09. The number of Topliss-reactive ketones (excluding diaryl/α,β-unsaturated/α-hetero) is 1. The molecule has 1 N–H and O–H groups in total. The second-order valence-electron chi connectivity index (χ2n) is 7.14. The van der Waals surface area contributed by atoms with Crippen LogP contribution in [0.2, 0.25) is 0 Å². The number of ketones is 1. The summed E-state index contributed by atoms with van der Waals surface area (Å²) in [6.07, 6.45) is 0.546. The minimum absolute atomic E-state index is 0.129. The molecule has 2 unspecified atom stereocenters. The standard InChI is InChI=1S/C18H25NO3/c1-11-9-14-15(10-12(11)2)22-18(3,4)17(16(14)21)19-7-5-13(20)6-8-19/h9-10,16-17,21H,5-8H2,1-4H3. The highest BCUT2D eigenvalue weighted by molar-refractivity contribution is 5.79. The van der Waals surface area contributed by atoms with Crippen LogP contribution in [0.4, 0.5) is 0 Å². The summed E-state index contributed by atoms with van der Waals surface area (Å²) in [6.45, 7) is 9.56. The van der Waals surface area contributed by atoms with Crippen LogP contribution in [-0.2, 0) is 4.79 Å². The summed E-state index contributed by atoms with van der Waals surface area (Å²) < 4.78 is 6.23. The average molecular weight is 303 g/mol. The molecular formula is C18H25NO3. The van der Waals surface area contributed by atoms with Gasteiger partial charge in [0.05, 0.1) is 6.04 Å². The zero-order chi connectivity index (χ0) is 16.1. The van der Waals surface area contributed by atoms with Crippen LogP contribution in [0.25, 0.3) is 0 Å². The van der Waals surface area contributed by atoms with E-state index in [1.807, 2.05) is 26.0 Å². The highest BCUT2D eigenvalue weighted by Gasteiger charge is 2.47. The lowest BCUT2D eigenvalue weighted by atomic mass is 9.83. The Bertz CT molecular complexity index is 599. The lowest BCUT2D eigenvalue weighted by Crippen LogP contribution is -2.59. The van der Waals surface area contributed by atoms with Crippen LogP contribution in [0, 0.1) is 13.8 Å². The molecule has 2 heterocycles. The lowest BCUT2D eigenvalue weighted by Gasteiger charge is -2.49. The fourth-order valence-corrected chi connectivity index (χ4v) is 3.72. The minimum Gasteiger partial charge on any atom is -0.486 e. The van der Waals surface area contributed by atoms with Gasteiger partial charge in [-0.15, -0.1) is 0 Å². The number of carbonyl (C=O) groups excluding carboxylic acids is 1. The number of nitrogens with zero attached hydrogens (tertiary/aromatic N) is 1. The van der Waals surface area contributed by atoms with Gasteiger partial charge in [-0.3, -0.25) is 9.69 Å². The number of carbonyl (C=O) groups is 1. The number of rotatable bonds is 1. The van der Waals surface area contributed by atoms with E-state index in [4.69, 9.17) is 4.74 Å². The molecule has 1 saturated heterocycles. The summed E-state index contributed by atoms with van der Waals surface area (Å²) in [5, 5.41) is 11.0. The number of piperidine rings is 1. The molecule has 0 amide bonds. The zero-order valence-electron chi connectivity index (χ0n) is 13.8. The zero-order valence-corrected chi connectivity index (χ0v) is 13.8. The van der Waals surface area contributed by atoms with Gasteiger partial charge in [0.1, 0.15) is 23.2 Å². The van der Waals surface area contributed by atoms with Crippen molar-refractivity contribution in [3.8, 4) is 5.75 Å². The molecule has 2 aliphatic rings. The third-order valence-electron chi connectivity index (χ3n) is 5.08. The highest BCUT2D eigenvalue weighted by Crippen LogP contribution is 2.43. The van der Waals surface area contributed by atoms with E-state index in [0.29, 0.717) is 31.7 Å². The van der Waals surface area contributed by atoms with Gasteiger partial charge in [-0.25, -0.2) is 0 Å². The molecule has 0 radical (unpaired) electrons. The quantitative estimate of drug-likeness (QED) is 0.866. The van der Waals surface area contributed by atoms with E-state index in [-0.39, 0.29) is 6.04 Å². The van der Waals surface area contributed by atoms with Gasteiger partial charge in [0.2, 0.25) is 0 Å². The molecule has 0 aliphatic carbocycles. The number of hydrogen-bond donors (Lipinski definition) is 1. The molecule has 120 valence electrons. The molecule has 0 aromatic heterocycles. The number of aryl methyl sites for hydroxylation is 2. The second-order valence-corrected chi connectivity index (χ2v) is 7.14. The van der Waals surface area contributed by atoms with E-state index in [9.17, 15) is 9.90 Å². The van der Waals surface area contributed by atoms with E-state index in [0.717, 1.165) is 16.9 Å². The molecule has 1 aromatic carbocycles. The maximum absolute atomic E-state index is 11.5. The smallest absolute Gasteiger partial charge is 0.135 e. The number of fused-ring (bicyclic) bond motifs is 1. The van der Waals surface area contributed by atoms with Crippen LogP contribution in [0.5, 0.6) is 5.75 Å². The number of likely N-dealkylation sites (tertiary alicyclic amines) is 1. The van der Waals surface area contributed by atoms with Crippen molar-refractivity contribution in [3.63, 3.8) is 0 Å². The summed E-state index contributed by atoms with van der Waals surface area (Å²) in [6, 6.07) is 3.92. The fourth-order valence-electron chi connectivity index (χ4n) is 3.72. The van der Waals surface area contributed by atoms with E-state index in [1.54, 1.807) is 0 Å². The molecule has 0 bridgehead atoms. The van der Waals surface area contributed by atoms with Crippen molar-refractivity contribution in [2.75, 3.05) is 13.1 Å². The van der Waals surface area contributed by atoms with Crippen molar-refractivity contribution in [2.45, 2.75) is 58.3 Å². The Balaban J connectivity index is 1.97. The summed E-state index contributed by atoms with van der Waals surface area (Å²) in [7, 11) is 0. The first-order valence-electron chi connectivity index (χ1n) is 8.03. The first kappa shape index (κ1) is 15.5. The number of aliphatic hydroxyl groups excluding tert-OH is 1. The van der Waals surface area contributed by atoms with Crippen molar-refractivity contribution in [1.29, 1.82) is 0 Å². The van der Waals surface area contributed by atoms with Gasteiger partial charge in [0.25, 0.3) is 0 Å². The maximum atomic E-state index is 11.5. The van der Waals surface area contributed by atoms with Crippen LogP contribution in [0.15, 0.2) is 12.1 Å². The first-order valence-corrected chi connectivity index (χ1v) is 8.03. The van der Waals surface area contributed by atoms with Crippen LogP contribution >= 0.6 is 0 Å². The molecule has 2 atom stereocenters. The molecule has 1 fully saturated rings. The van der Waals surface area contributed by atoms with Crippen LogP contribution in [-0.4, -0.2) is 40.5 Å². The molecule has 4 nitrogen and oxygen atoms in total. The van der Waals surface area contributed by atoms with Crippen LogP contribution in [0.3, 0.4) is 0 Å². The topological polar surface area (TPSA) is 49.8 Å². The summed E-state index contributed by atoms with van der Waals surface area (Å²) in [4.78, 5) is 13.7. The maximum Gasteiger partial charge on any atom is 0.135 e. The van der Waals surface area contributed by atoms with Crippen molar-refractivity contribution in [1.82, 2.24) is 4.90 Å². The second kappa shape index (κ2) is 5.36. The van der Waals surface area contributed by atoms with Gasteiger partial charge < -0.3 is 9.84 Å². The Kier molecular flexibility index (Phi) is 3.77. The largest absolute Gasteiger partial charge is 0.486 e. The van der Waals surface area contributed by atoms with Gasteiger partial charge >= 0.3 is 0 Å². The molecule has 1 aromatic rings. The lowest BCUT2D eigenvalue weighted by molar-refractivity contribution is -0.127. The predicted molar refractivity (Wildman–Crippen MR) is 85.2 cm³/mol. The molecule has 3 rings (SSSR count). The Morgan fingerprint density at radius 1 is 1.18 bits per heavy atom. The molecular weight excluding hydrogens is 278 g/mol. The normalized spacial score (nSPS) is 28.1. The Hall–Kier alpha value is -1.39. The molecule has 22 heavy (non-hydrogen) atoms. The van der Waals surface area contributed by atoms with Gasteiger partial charge in [-0.05, 0) is 51.0 Å². The molecule has 0 spiro atoms. The van der Waals surface area contributed by atoms with Crippen molar-refractivity contribution in [2.24, 2.45) is 0 Å². The number of ether oxygens (including phenoxy) is 1. The SMILES string of the molecule is Cc1cc2c(cc1C)C(O)C(N1CCC(=O)CC1)C(C)(C)O2. The molecule has 4 heteroatoms. The Morgan fingerprint density at radius 2 is 1.77 bits per heavy atom. The van der Waals surface area contributed by atoms with Gasteiger partial charge in [0, 0.05) is 31.5 Å². The fraction of sp³-hybridized carbons (Fsp3) is 0.611. The van der Waals surface area contributed by atoms with Gasteiger partial charge in [-0.1, -0.05) is 0 Å². The molecule has 0 saturated carbocycles. The van der Waals surface area contributed by atoms with E-state index in [1.165, 1.54) is 5.56 Å².